The van der Waals surface area contributed by atoms with Crippen LogP contribution in [0.2, 0.25) is 0 Å². The second-order valence-corrected chi connectivity index (χ2v) is 8.05. The molecule has 29 heavy (non-hydrogen) atoms. The lowest BCUT2D eigenvalue weighted by molar-refractivity contribution is 0.00621. The maximum absolute atomic E-state index is 14.8. The van der Waals surface area contributed by atoms with Crippen molar-refractivity contribution in [1.82, 2.24) is 4.98 Å². The maximum Gasteiger partial charge on any atom is 0.277 e. The van der Waals surface area contributed by atoms with Gasteiger partial charge in [-0.3, -0.25) is 4.79 Å². The lowest BCUT2D eigenvalue weighted by Gasteiger charge is -2.36. The van der Waals surface area contributed by atoms with Gasteiger partial charge < -0.3 is 15.8 Å². The first-order valence-electron chi connectivity index (χ1n) is 8.84. The Morgan fingerprint density at radius 3 is 2.90 bits per heavy atom. The van der Waals surface area contributed by atoms with Crippen molar-refractivity contribution < 1.29 is 22.7 Å². The average Bonchev–Trinajstić information content (AvgIpc) is 2.78. The zero-order valence-electron chi connectivity index (χ0n) is 15.1. The van der Waals surface area contributed by atoms with Gasteiger partial charge in [-0.05, 0) is 30.5 Å². The fraction of sp³-hybridized carbons (Fsp3) is 0.316. The molecule has 2 aliphatic heterocycles. The molecule has 0 radical (unpaired) electrons. The van der Waals surface area contributed by atoms with Gasteiger partial charge in [-0.2, -0.15) is 0 Å². The van der Waals surface area contributed by atoms with Crippen molar-refractivity contribution in [3.63, 3.8) is 0 Å². The largest absolute Gasteiger partial charge is 0.379 e. The molecule has 1 saturated heterocycles. The summed E-state index contributed by atoms with van der Waals surface area (Å²) in [6.07, 6.45) is 1.30. The number of aliphatic imine (C=N–C) groups is 1. The first kappa shape index (κ1) is 19.7. The van der Waals surface area contributed by atoms with E-state index in [-0.39, 0.29) is 23.8 Å². The minimum atomic E-state index is -1.09. The van der Waals surface area contributed by atoms with Gasteiger partial charge in [0.05, 0.1) is 19.4 Å². The lowest BCUT2D eigenvalue weighted by atomic mass is 9.81. The van der Waals surface area contributed by atoms with Gasteiger partial charge in [0, 0.05) is 23.1 Å². The molecule has 1 amide bonds. The molecule has 2 aromatic rings. The number of nitrogens with zero attached hydrogens (tertiary/aromatic N) is 2. The van der Waals surface area contributed by atoms with Crippen LogP contribution in [0.25, 0.3) is 0 Å². The van der Waals surface area contributed by atoms with E-state index in [4.69, 9.17) is 10.5 Å². The highest BCUT2D eigenvalue weighted by Crippen LogP contribution is 2.42. The topological polar surface area (TPSA) is 89.6 Å². The summed E-state index contributed by atoms with van der Waals surface area (Å²) in [7, 11) is 0. The van der Waals surface area contributed by atoms with Gasteiger partial charge >= 0.3 is 0 Å². The summed E-state index contributed by atoms with van der Waals surface area (Å²) in [5, 5.41) is 2.82. The first-order valence-corrected chi connectivity index (χ1v) is 9.83. The number of carbonyl (C=O) groups is 1. The molecular formula is C19H17F3N4O2S. The standard InChI is InChI=1S/C19H17F3N4O2S/c20-11-3-15(22)16(24-6-11)17(27)25-12-1-2-14(21)13(4-12)19-5-10(7-28-9-19)8-29-18(23)26-19/h1-4,6,10H,5,7-9H2,(H2,23,26)(H,25,27)/t10-,19-/m1/s1. The number of nitrogens with one attached hydrogen (secondary N) is 1. The van der Waals surface area contributed by atoms with E-state index in [0.717, 1.165) is 11.9 Å². The number of nitrogens with two attached hydrogens (primary N) is 1. The molecule has 3 heterocycles. The molecule has 0 spiro atoms. The van der Waals surface area contributed by atoms with Crippen LogP contribution in [-0.4, -0.2) is 35.0 Å². The molecule has 152 valence electrons. The average molecular weight is 422 g/mol. The molecule has 1 aromatic carbocycles. The molecule has 1 fully saturated rings. The van der Waals surface area contributed by atoms with Crippen molar-refractivity contribution in [1.29, 1.82) is 0 Å². The predicted octanol–water partition coefficient (Wildman–Crippen LogP) is 3.04. The minimum absolute atomic E-state index is 0.160. The van der Waals surface area contributed by atoms with E-state index in [1.807, 2.05) is 0 Å². The fourth-order valence-corrected chi connectivity index (χ4v) is 4.46. The number of carbonyl (C=O) groups excluding carboxylic acids is 1. The van der Waals surface area contributed by atoms with E-state index < -0.39 is 34.6 Å². The van der Waals surface area contributed by atoms with Crippen LogP contribution in [-0.2, 0) is 10.3 Å². The van der Waals surface area contributed by atoms with Crippen molar-refractivity contribution in [2.75, 3.05) is 24.3 Å². The van der Waals surface area contributed by atoms with Crippen molar-refractivity contribution in [3.05, 3.63) is 59.2 Å². The second-order valence-electron chi connectivity index (χ2n) is 7.01. The van der Waals surface area contributed by atoms with Gasteiger partial charge in [0.25, 0.3) is 5.91 Å². The number of amidine groups is 1. The summed E-state index contributed by atoms with van der Waals surface area (Å²) in [6, 6.07) is 4.54. The number of anilines is 1. The Bertz CT molecular complexity index is 1000. The maximum atomic E-state index is 14.8. The molecular weight excluding hydrogens is 405 g/mol. The van der Waals surface area contributed by atoms with Crippen molar-refractivity contribution in [2.45, 2.75) is 12.0 Å². The number of hydrogen-bond acceptors (Lipinski definition) is 6. The fourth-order valence-electron chi connectivity index (χ4n) is 3.60. The van der Waals surface area contributed by atoms with Crippen LogP contribution in [0.4, 0.5) is 18.9 Å². The van der Waals surface area contributed by atoms with Crippen molar-refractivity contribution in [2.24, 2.45) is 16.6 Å². The van der Waals surface area contributed by atoms with Gasteiger partial charge in [0.2, 0.25) is 0 Å². The molecule has 0 unspecified atom stereocenters. The number of rotatable bonds is 3. The van der Waals surface area contributed by atoms with E-state index in [1.54, 1.807) is 0 Å². The zero-order valence-corrected chi connectivity index (χ0v) is 15.9. The van der Waals surface area contributed by atoms with Gasteiger partial charge in [-0.1, -0.05) is 11.8 Å². The molecule has 1 aromatic heterocycles. The number of benzene rings is 1. The number of amides is 1. The zero-order chi connectivity index (χ0) is 20.6. The van der Waals surface area contributed by atoms with Crippen LogP contribution in [0.3, 0.4) is 0 Å². The van der Waals surface area contributed by atoms with E-state index in [0.29, 0.717) is 24.3 Å². The van der Waals surface area contributed by atoms with Gasteiger partial charge in [-0.15, -0.1) is 0 Å². The van der Waals surface area contributed by atoms with E-state index in [1.165, 1.54) is 30.0 Å². The van der Waals surface area contributed by atoms with E-state index in [9.17, 15) is 18.0 Å². The molecule has 10 heteroatoms. The Hall–Kier alpha value is -2.59. The van der Waals surface area contributed by atoms with Crippen LogP contribution in [0.1, 0.15) is 22.5 Å². The highest BCUT2D eigenvalue weighted by atomic mass is 32.2. The number of hydrogen-bond donors (Lipinski definition) is 2. The Labute approximate surface area is 168 Å². The van der Waals surface area contributed by atoms with E-state index in [2.05, 4.69) is 15.3 Å². The van der Waals surface area contributed by atoms with E-state index >= 15 is 0 Å². The number of aromatic nitrogens is 1. The molecule has 4 rings (SSSR count). The molecule has 2 bridgehead atoms. The summed E-state index contributed by atoms with van der Waals surface area (Å²) >= 11 is 1.40. The van der Waals surface area contributed by atoms with Gasteiger partial charge in [0.15, 0.2) is 16.7 Å². The Kier molecular flexibility index (Phi) is 5.22. The molecule has 6 nitrogen and oxygen atoms in total. The molecule has 2 atom stereocenters. The smallest absolute Gasteiger partial charge is 0.277 e. The molecule has 0 aliphatic carbocycles. The third-order valence-electron chi connectivity index (χ3n) is 4.86. The number of halogens is 3. The Morgan fingerprint density at radius 2 is 2.10 bits per heavy atom. The van der Waals surface area contributed by atoms with Crippen LogP contribution in [0.5, 0.6) is 0 Å². The number of ether oxygens (including phenoxy) is 1. The molecule has 2 aliphatic rings. The number of pyridine rings is 1. The van der Waals surface area contributed by atoms with Crippen LogP contribution >= 0.6 is 11.8 Å². The normalized spacial score (nSPS) is 23.8. The van der Waals surface area contributed by atoms with Crippen molar-refractivity contribution >= 4 is 28.5 Å². The minimum Gasteiger partial charge on any atom is -0.379 e. The SMILES string of the molecule is NC1=N[C@@]2(c3cc(NC(=O)c4ncc(F)cc4F)ccc3F)COC[C@H](CS1)C2. The monoisotopic (exact) mass is 422 g/mol. The second kappa shape index (κ2) is 7.68. The number of fused-ring (bicyclic) bond motifs is 2. The summed E-state index contributed by atoms with van der Waals surface area (Å²) in [5.74, 6) is -2.49. The molecule has 3 N–H and O–H groups in total. The van der Waals surface area contributed by atoms with Crippen LogP contribution in [0.15, 0.2) is 35.5 Å². The van der Waals surface area contributed by atoms with Gasteiger partial charge in [-0.25, -0.2) is 23.1 Å². The quantitative estimate of drug-likeness (QED) is 0.794. The van der Waals surface area contributed by atoms with Gasteiger partial charge in [0.1, 0.15) is 17.2 Å². The number of thioether (sulfide) groups is 1. The highest BCUT2D eigenvalue weighted by Gasteiger charge is 2.42. The summed E-state index contributed by atoms with van der Waals surface area (Å²) < 4.78 is 47.3. The third kappa shape index (κ3) is 3.95. The first-order chi connectivity index (χ1) is 13.9. The predicted molar refractivity (Wildman–Crippen MR) is 103 cm³/mol. The Balaban J connectivity index is 1.67. The lowest BCUT2D eigenvalue weighted by Crippen LogP contribution is -2.40. The van der Waals surface area contributed by atoms with Crippen molar-refractivity contribution in [3.8, 4) is 0 Å². The van der Waals surface area contributed by atoms with Crippen LogP contribution in [0, 0.1) is 23.4 Å². The summed E-state index contributed by atoms with van der Waals surface area (Å²) in [5.41, 5.74) is 4.86. The third-order valence-corrected chi connectivity index (χ3v) is 5.89. The van der Waals surface area contributed by atoms with Crippen LogP contribution < -0.4 is 11.1 Å². The summed E-state index contributed by atoms with van der Waals surface area (Å²) in [6.45, 7) is 0.707. The molecule has 0 saturated carbocycles. The summed E-state index contributed by atoms with van der Waals surface area (Å²) in [4.78, 5) is 20.3. The highest BCUT2D eigenvalue weighted by molar-refractivity contribution is 8.13. The Morgan fingerprint density at radius 1 is 1.28 bits per heavy atom.